The van der Waals surface area contributed by atoms with Gasteiger partial charge >= 0.3 is 0 Å². The molecule has 4 heteroatoms. The van der Waals surface area contributed by atoms with Crippen LogP contribution >= 0.6 is 0 Å². The smallest absolute Gasteiger partial charge is 0.216 e. The quantitative estimate of drug-likeness (QED) is 0.879. The van der Waals surface area contributed by atoms with E-state index in [0.29, 0.717) is 5.92 Å². The molecule has 0 saturated carbocycles. The van der Waals surface area contributed by atoms with Crippen molar-refractivity contribution in [1.82, 2.24) is 15.2 Å². The van der Waals surface area contributed by atoms with Crippen LogP contribution in [0.2, 0.25) is 0 Å². The van der Waals surface area contributed by atoms with Gasteiger partial charge in [-0.1, -0.05) is 0 Å². The molecule has 2 heterocycles. The van der Waals surface area contributed by atoms with E-state index in [1.807, 2.05) is 12.4 Å². The molecule has 0 aliphatic carbocycles. The molecule has 1 atom stereocenters. The number of likely N-dealkylation sites (tertiary alicyclic amines) is 1. The highest BCUT2D eigenvalue weighted by atomic mass is 16.1. The van der Waals surface area contributed by atoms with Crippen LogP contribution in [-0.2, 0) is 11.3 Å². The fraction of sp³-hybridized carbons (Fsp3) is 0.600. The minimum Gasteiger partial charge on any atom is -0.356 e. The maximum atomic E-state index is 10.9. The molecule has 1 aliphatic heterocycles. The van der Waals surface area contributed by atoms with Gasteiger partial charge in [0, 0.05) is 39.0 Å². The average Bonchev–Trinajstić information content (AvgIpc) is 2.40. The van der Waals surface area contributed by atoms with Crippen LogP contribution < -0.4 is 5.32 Å². The summed E-state index contributed by atoms with van der Waals surface area (Å²) in [6, 6.07) is 4.17. The molecule has 0 aromatic carbocycles. The Balaban J connectivity index is 1.75. The molecule has 1 amide bonds. The van der Waals surface area contributed by atoms with Gasteiger partial charge in [-0.15, -0.1) is 0 Å². The number of carbonyl (C=O) groups excluding carboxylic acids is 1. The lowest BCUT2D eigenvalue weighted by atomic mass is 9.94. The predicted octanol–water partition coefficient (Wildman–Crippen LogP) is 1.82. The molecular weight excluding hydrogens is 238 g/mol. The first kappa shape index (κ1) is 14.0. The van der Waals surface area contributed by atoms with E-state index < -0.39 is 0 Å². The van der Waals surface area contributed by atoms with E-state index in [0.717, 1.165) is 26.1 Å². The van der Waals surface area contributed by atoms with Gasteiger partial charge in [0.2, 0.25) is 5.91 Å². The molecule has 1 N–H and O–H groups in total. The van der Waals surface area contributed by atoms with E-state index in [1.54, 1.807) is 6.92 Å². The van der Waals surface area contributed by atoms with Crippen LogP contribution in [0.4, 0.5) is 0 Å². The maximum Gasteiger partial charge on any atom is 0.216 e. The molecule has 19 heavy (non-hydrogen) atoms. The number of carbonyl (C=O) groups is 1. The highest BCUT2D eigenvalue weighted by molar-refractivity contribution is 5.72. The molecular formula is C15H23N3O. The number of hydrogen-bond acceptors (Lipinski definition) is 3. The van der Waals surface area contributed by atoms with Crippen LogP contribution in [-0.4, -0.2) is 35.4 Å². The topological polar surface area (TPSA) is 45.2 Å². The van der Waals surface area contributed by atoms with Gasteiger partial charge in [0.25, 0.3) is 0 Å². The van der Waals surface area contributed by atoms with Crippen LogP contribution in [0.15, 0.2) is 24.5 Å². The fourth-order valence-corrected chi connectivity index (χ4v) is 2.73. The lowest BCUT2D eigenvalue weighted by Gasteiger charge is -2.32. The van der Waals surface area contributed by atoms with E-state index in [9.17, 15) is 4.79 Å². The van der Waals surface area contributed by atoms with E-state index in [1.165, 1.54) is 24.9 Å². The third-order valence-electron chi connectivity index (χ3n) is 3.69. The molecule has 1 unspecified atom stereocenters. The Morgan fingerprint density at radius 2 is 2.26 bits per heavy atom. The molecule has 4 nitrogen and oxygen atoms in total. The highest BCUT2D eigenvalue weighted by Gasteiger charge is 2.19. The molecule has 0 radical (unpaired) electrons. The van der Waals surface area contributed by atoms with Crippen LogP contribution in [0.5, 0.6) is 0 Å². The molecule has 1 saturated heterocycles. The van der Waals surface area contributed by atoms with Crippen LogP contribution in [0.1, 0.15) is 31.7 Å². The summed E-state index contributed by atoms with van der Waals surface area (Å²) in [4.78, 5) is 17.4. The maximum absolute atomic E-state index is 10.9. The number of nitrogens with zero attached hydrogens (tertiary/aromatic N) is 2. The predicted molar refractivity (Wildman–Crippen MR) is 75.5 cm³/mol. The summed E-state index contributed by atoms with van der Waals surface area (Å²) in [5.41, 5.74) is 1.33. The minimum absolute atomic E-state index is 0.0736. The molecule has 0 spiro atoms. The van der Waals surface area contributed by atoms with Crippen molar-refractivity contribution in [3.63, 3.8) is 0 Å². The second kappa shape index (κ2) is 7.24. The summed E-state index contributed by atoms with van der Waals surface area (Å²) in [6.45, 7) is 5.72. The Morgan fingerprint density at radius 1 is 1.47 bits per heavy atom. The van der Waals surface area contributed by atoms with Crippen molar-refractivity contribution in [3.8, 4) is 0 Å². The third kappa shape index (κ3) is 4.99. The summed E-state index contributed by atoms with van der Waals surface area (Å²) in [7, 11) is 0. The summed E-state index contributed by atoms with van der Waals surface area (Å²) < 4.78 is 0. The van der Waals surface area contributed by atoms with Gasteiger partial charge in [-0.05, 0) is 49.4 Å². The summed E-state index contributed by atoms with van der Waals surface area (Å²) in [5.74, 6) is 0.784. The Bertz CT molecular complexity index is 394. The first-order valence-corrected chi connectivity index (χ1v) is 7.10. The Labute approximate surface area is 115 Å². The molecule has 0 bridgehead atoms. The lowest BCUT2D eigenvalue weighted by molar-refractivity contribution is -0.119. The van der Waals surface area contributed by atoms with Crippen molar-refractivity contribution in [2.24, 2.45) is 5.92 Å². The van der Waals surface area contributed by atoms with E-state index in [2.05, 4.69) is 27.3 Å². The first-order chi connectivity index (χ1) is 9.24. The van der Waals surface area contributed by atoms with Gasteiger partial charge in [-0.2, -0.15) is 0 Å². The standard InChI is InChI=1S/C15H23N3O/c1-13(19)17-9-6-14-3-2-10-18(11-14)12-15-4-7-16-8-5-15/h4-5,7-8,14H,2-3,6,9-12H2,1H3,(H,17,19). The van der Waals surface area contributed by atoms with Crippen LogP contribution in [0.3, 0.4) is 0 Å². The number of nitrogens with one attached hydrogen (secondary N) is 1. The normalized spacial score (nSPS) is 20.2. The summed E-state index contributed by atoms with van der Waals surface area (Å²) in [5, 5.41) is 2.89. The molecule has 1 aromatic rings. The second-order valence-electron chi connectivity index (χ2n) is 5.37. The SMILES string of the molecule is CC(=O)NCCC1CCCN(Cc2ccncc2)C1. The molecule has 104 valence electrons. The Morgan fingerprint density at radius 3 is 3.00 bits per heavy atom. The number of amides is 1. The van der Waals surface area contributed by atoms with Gasteiger partial charge in [0.05, 0.1) is 0 Å². The number of aromatic nitrogens is 1. The van der Waals surface area contributed by atoms with Crippen molar-refractivity contribution in [2.75, 3.05) is 19.6 Å². The van der Waals surface area contributed by atoms with Gasteiger partial charge < -0.3 is 5.32 Å². The zero-order valence-electron chi connectivity index (χ0n) is 11.6. The van der Waals surface area contributed by atoms with Crippen molar-refractivity contribution in [2.45, 2.75) is 32.7 Å². The van der Waals surface area contributed by atoms with Crippen molar-refractivity contribution < 1.29 is 4.79 Å². The monoisotopic (exact) mass is 261 g/mol. The van der Waals surface area contributed by atoms with Crippen LogP contribution in [0.25, 0.3) is 0 Å². The summed E-state index contributed by atoms with van der Waals surface area (Å²) in [6.07, 6.45) is 7.34. The molecule has 2 rings (SSSR count). The molecule has 1 aliphatic rings. The summed E-state index contributed by atoms with van der Waals surface area (Å²) >= 11 is 0. The van der Waals surface area contributed by atoms with Crippen molar-refractivity contribution >= 4 is 5.91 Å². The molecule has 1 aromatic heterocycles. The van der Waals surface area contributed by atoms with E-state index in [-0.39, 0.29) is 5.91 Å². The second-order valence-corrected chi connectivity index (χ2v) is 5.37. The first-order valence-electron chi connectivity index (χ1n) is 7.10. The fourth-order valence-electron chi connectivity index (χ4n) is 2.73. The third-order valence-corrected chi connectivity index (χ3v) is 3.69. The minimum atomic E-state index is 0.0736. The largest absolute Gasteiger partial charge is 0.356 e. The lowest BCUT2D eigenvalue weighted by Crippen LogP contribution is -2.36. The van der Waals surface area contributed by atoms with Gasteiger partial charge in [0.1, 0.15) is 0 Å². The number of rotatable bonds is 5. The highest BCUT2D eigenvalue weighted by Crippen LogP contribution is 2.20. The molecule has 1 fully saturated rings. The van der Waals surface area contributed by atoms with Crippen molar-refractivity contribution in [1.29, 1.82) is 0 Å². The number of hydrogen-bond donors (Lipinski definition) is 1. The van der Waals surface area contributed by atoms with E-state index in [4.69, 9.17) is 0 Å². The number of pyridine rings is 1. The van der Waals surface area contributed by atoms with Crippen molar-refractivity contribution in [3.05, 3.63) is 30.1 Å². The van der Waals surface area contributed by atoms with Crippen LogP contribution in [0, 0.1) is 5.92 Å². The Kier molecular flexibility index (Phi) is 5.33. The average molecular weight is 261 g/mol. The van der Waals surface area contributed by atoms with Gasteiger partial charge in [-0.25, -0.2) is 0 Å². The number of piperidine rings is 1. The van der Waals surface area contributed by atoms with Gasteiger partial charge in [0.15, 0.2) is 0 Å². The van der Waals surface area contributed by atoms with Gasteiger partial charge in [-0.3, -0.25) is 14.7 Å². The zero-order valence-corrected chi connectivity index (χ0v) is 11.6. The zero-order chi connectivity index (χ0) is 13.5. The van der Waals surface area contributed by atoms with E-state index >= 15 is 0 Å². The Hall–Kier alpha value is -1.42.